The number of aliphatic hydroxyl groups is 3. The van der Waals surface area contributed by atoms with Gasteiger partial charge in [-0.1, -0.05) is 56.2 Å². The Labute approximate surface area is 317 Å². The number of aliphatic hydroxyl groups excluding tert-OH is 2. The second-order valence-electron chi connectivity index (χ2n) is 17.7. The van der Waals surface area contributed by atoms with E-state index >= 15 is 0 Å². The van der Waals surface area contributed by atoms with E-state index in [1.807, 2.05) is 6.92 Å². The molecule has 0 amide bonds. The molecule has 0 bridgehead atoms. The van der Waals surface area contributed by atoms with Gasteiger partial charge in [-0.3, -0.25) is 4.79 Å². The van der Waals surface area contributed by atoms with Gasteiger partial charge in [-0.05, 0) is 127 Å². The molecular formula is C43H66O10. The molecule has 3 aliphatic carbocycles. The van der Waals surface area contributed by atoms with Crippen molar-refractivity contribution in [3.63, 3.8) is 0 Å². The fourth-order valence-electron chi connectivity index (χ4n) is 11.0. The van der Waals surface area contributed by atoms with Crippen molar-refractivity contribution in [2.24, 2.45) is 39.9 Å². The van der Waals surface area contributed by atoms with Gasteiger partial charge in [0.25, 0.3) is 0 Å². The van der Waals surface area contributed by atoms with Gasteiger partial charge >= 0.3 is 17.9 Å². The molecular weight excluding hydrogens is 676 g/mol. The summed E-state index contributed by atoms with van der Waals surface area (Å²) in [6, 6.07) is 0. The van der Waals surface area contributed by atoms with Crippen LogP contribution in [-0.4, -0.2) is 83.1 Å². The standard InChI is InChI=1S/C43H66O10/c1-13-25(5)35(45)38(47)52-30-22-42(10)29(27-20-28(51-23-27)19-24(3)4)15-16-31(42)43(11)33(53-39(48)36(46)26(6)14-2)21-32(40(7,8)49)41(9,37(30)43)18-17-34(44)50-12/h13-14,16,19,27-30,32-33,35-37,45-46,49H,15,17-18,20-23H2,1-12H3/b25-13+,26-14+/t27-,28-,29+,30-,32+,33-,35-,36-,37-,41+,42+,43-/m1/s1. The zero-order valence-corrected chi connectivity index (χ0v) is 34.2. The number of rotatable bonds is 12. The van der Waals surface area contributed by atoms with Crippen LogP contribution < -0.4 is 0 Å². The van der Waals surface area contributed by atoms with Gasteiger partial charge in [-0.2, -0.15) is 0 Å². The van der Waals surface area contributed by atoms with Crippen molar-refractivity contribution < 1.29 is 48.7 Å². The fourth-order valence-corrected chi connectivity index (χ4v) is 11.0. The SMILES string of the molecule is C/C=C(\C)[C@@H](O)C(=O)O[C@@H]1C[C@]2(C)C(=CC[C@H]2[C@H]2CO[C@H](C=C(C)C)C2)[C@@]2(C)[C@H]1[C@@](C)(CCC(=O)OC)[C@H](C(C)(C)O)C[C@H]2OC(=O)[C@H](O)/C(C)=C/C. The molecule has 0 aromatic heterocycles. The second-order valence-corrected chi connectivity index (χ2v) is 17.7. The van der Waals surface area contributed by atoms with Crippen molar-refractivity contribution in [2.75, 3.05) is 13.7 Å². The first-order chi connectivity index (χ1) is 24.6. The summed E-state index contributed by atoms with van der Waals surface area (Å²) in [7, 11) is 1.34. The van der Waals surface area contributed by atoms with Crippen LogP contribution >= 0.6 is 0 Å². The number of fused-ring (bicyclic) bond motifs is 3. The predicted octanol–water partition coefficient (Wildman–Crippen LogP) is 6.56. The minimum Gasteiger partial charge on any atom is -0.469 e. The van der Waals surface area contributed by atoms with Gasteiger partial charge in [0.05, 0.1) is 25.4 Å². The summed E-state index contributed by atoms with van der Waals surface area (Å²) in [4.78, 5) is 40.6. The summed E-state index contributed by atoms with van der Waals surface area (Å²) >= 11 is 0. The molecule has 0 unspecified atom stereocenters. The van der Waals surface area contributed by atoms with E-state index in [1.165, 1.54) is 12.7 Å². The summed E-state index contributed by atoms with van der Waals surface area (Å²) in [5.41, 5.74) is -0.490. The molecule has 1 aliphatic heterocycles. The molecule has 0 aromatic carbocycles. The summed E-state index contributed by atoms with van der Waals surface area (Å²) in [5.74, 6) is -2.77. The number of allylic oxidation sites excluding steroid dienone is 4. The molecule has 12 atom stereocenters. The molecule has 2 saturated carbocycles. The van der Waals surface area contributed by atoms with Crippen LogP contribution in [0, 0.1) is 39.9 Å². The Morgan fingerprint density at radius 2 is 1.57 bits per heavy atom. The second kappa shape index (κ2) is 16.1. The lowest BCUT2D eigenvalue weighted by molar-refractivity contribution is -0.241. The van der Waals surface area contributed by atoms with E-state index in [4.69, 9.17) is 18.9 Å². The number of hydrogen-bond donors (Lipinski definition) is 3. The fraction of sp³-hybridized carbons (Fsp3) is 0.744. The Morgan fingerprint density at radius 1 is 0.981 bits per heavy atom. The summed E-state index contributed by atoms with van der Waals surface area (Å²) in [6.45, 7) is 21.3. The number of hydrogen-bond acceptors (Lipinski definition) is 10. The molecule has 10 nitrogen and oxygen atoms in total. The van der Waals surface area contributed by atoms with Gasteiger partial charge < -0.3 is 34.3 Å². The normalized spacial score (nSPS) is 37.1. The van der Waals surface area contributed by atoms with Crippen molar-refractivity contribution in [3.8, 4) is 0 Å². The first-order valence-corrected chi connectivity index (χ1v) is 19.4. The molecule has 0 aromatic rings. The molecule has 3 fully saturated rings. The molecule has 53 heavy (non-hydrogen) atoms. The van der Waals surface area contributed by atoms with Crippen molar-refractivity contribution in [1.82, 2.24) is 0 Å². The average molecular weight is 743 g/mol. The van der Waals surface area contributed by atoms with Crippen LogP contribution in [0.4, 0.5) is 0 Å². The van der Waals surface area contributed by atoms with Gasteiger partial charge in [0, 0.05) is 17.8 Å². The van der Waals surface area contributed by atoms with Crippen LogP contribution in [0.15, 0.2) is 46.6 Å². The highest BCUT2D eigenvalue weighted by molar-refractivity contribution is 5.79. The highest BCUT2D eigenvalue weighted by Crippen LogP contribution is 2.72. The number of ether oxygens (including phenoxy) is 4. The van der Waals surface area contributed by atoms with Crippen LogP contribution in [0.2, 0.25) is 0 Å². The third-order valence-corrected chi connectivity index (χ3v) is 13.7. The minimum atomic E-state index is -1.48. The molecule has 0 spiro atoms. The van der Waals surface area contributed by atoms with E-state index < -0.39 is 76.0 Å². The van der Waals surface area contributed by atoms with Crippen molar-refractivity contribution in [2.45, 2.75) is 151 Å². The van der Waals surface area contributed by atoms with Crippen LogP contribution in [0.1, 0.15) is 115 Å². The molecule has 4 rings (SSSR count). The Balaban J connectivity index is 1.96. The smallest absolute Gasteiger partial charge is 0.339 e. The van der Waals surface area contributed by atoms with E-state index in [9.17, 15) is 29.7 Å². The highest BCUT2D eigenvalue weighted by atomic mass is 16.6. The molecule has 3 N–H and O–H groups in total. The maximum absolute atomic E-state index is 13.9. The number of methoxy groups -OCH3 is 1. The largest absolute Gasteiger partial charge is 0.469 e. The molecule has 1 heterocycles. The third kappa shape index (κ3) is 8.12. The maximum Gasteiger partial charge on any atom is 0.339 e. The number of esters is 3. The van der Waals surface area contributed by atoms with E-state index in [-0.39, 0.29) is 30.8 Å². The van der Waals surface area contributed by atoms with Crippen LogP contribution in [0.5, 0.6) is 0 Å². The first-order valence-electron chi connectivity index (χ1n) is 19.4. The zero-order chi connectivity index (χ0) is 39.8. The lowest BCUT2D eigenvalue weighted by Gasteiger charge is -2.67. The van der Waals surface area contributed by atoms with Crippen molar-refractivity contribution >= 4 is 17.9 Å². The van der Waals surface area contributed by atoms with Gasteiger partial charge in [0.1, 0.15) is 12.2 Å². The van der Waals surface area contributed by atoms with Crippen molar-refractivity contribution in [3.05, 3.63) is 46.6 Å². The quantitative estimate of drug-likeness (QED) is 0.114. The first kappa shape index (κ1) is 42.9. The number of carbonyl (C=O) groups excluding carboxylic acids is 3. The van der Waals surface area contributed by atoms with Gasteiger partial charge in [-0.15, -0.1) is 0 Å². The van der Waals surface area contributed by atoms with Crippen LogP contribution in [-0.2, 0) is 33.3 Å². The number of carbonyl (C=O) groups is 3. The molecule has 298 valence electrons. The maximum atomic E-state index is 13.9. The van der Waals surface area contributed by atoms with Gasteiger partial charge in [-0.25, -0.2) is 9.59 Å². The minimum absolute atomic E-state index is 0.00559. The highest BCUT2D eigenvalue weighted by Gasteiger charge is 2.71. The third-order valence-electron chi connectivity index (χ3n) is 13.7. The van der Waals surface area contributed by atoms with E-state index in [1.54, 1.807) is 53.7 Å². The van der Waals surface area contributed by atoms with Gasteiger partial charge in [0.15, 0.2) is 12.2 Å². The Hall–Kier alpha value is -2.79. The summed E-state index contributed by atoms with van der Waals surface area (Å²) in [6.07, 6.45) is 5.80. The topological polar surface area (TPSA) is 149 Å². The molecule has 4 aliphatic rings. The van der Waals surface area contributed by atoms with Gasteiger partial charge in [0.2, 0.25) is 0 Å². The lowest BCUT2D eigenvalue weighted by Crippen LogP contribution is -2.68. The zero-order valence-electron chi connectivity index (χ0n) is 34.2. The average Bonchev–Trinajstić information content (AvgIpc) is 3.69. The molecule has 0 radical (unpaired) electrons. The Kier molecular flexibility index (Phi) is 13.1. The van der Waals surface area contributed by atoms with E-state index in [0.717, 1.165) is 18.4 Å². The Morgan fingerprint density at radius 3 is 2.09 bits per heavy atom. The van der Waals surface area contributed by atoms with Crippen molar-refractivity contribution in [1.29, 1.82) is 0 Å². The molecule has 1 saturated heterocycles. The predicted molar refractivity (Wildman–Crippen MR) is 202 cm³/mol. The van der Waals surface area contributed by atoms with E-state index in [2.05, 4.69) is 39.8 Å². The summed E-state index contributed by atoms with van der Waals surface area (Å²) in [5, 5.41) is 34.1. The Bertz CT molecular complexity index is 1510. The van der Waals surface area contributed by atoms with Crippen LogP contribution in [0.25, 0.3) is 0 Å². The van der Waals surface area contributed by atoms with E-state index in [0.29, 0.717) is 30.6 Å². The lowest BCUT2D eigenvalue weighted by atomic mass is 9.39. The summed E-state index contributed by atoms with van der Waals surface area (Å²) < 4.78 is 24.3. The molecule has 10 heteroatoms. The van der Waals surface area contributed by atoms with Crippen LogP contribution in [0.3, 0.4) is 0 Å². The monoisotopic (exact) mass is 742 g/mol.